The first-order valence-electron chi connectivity index (χ1n) is 7.69. The summed E-state index contributed by atoms with van der Waals surface area (Å²) in [5, 5.41) is 2.73. The molecular formula is C15H31AlO. The molecule has 0 N–H and O–H groups in total. The molecule has 0 radical (unpaired) electrons. The van der Waals surface area contributed by atoms with Crippen molar-refractivity contribution in [2.24, 2.45) is 17.8 Å². The lowest BCUT2D eigenvalue weighted by Crippen LogP contribution is -2.26. The number of hydrogen-bond acceptors (Lipinski definition) is 1. The third-order valence-electron chi connectivity index (χ3n) is 3.76. The Labute approximate surface area is 113 Å². The Balaban J connectivity index is 2.26. The molecule has 2 heteroatoms. The van der Waals surface area contributed by atoms with Crippen LogP contribution in [0.5, 0.6) is 0 Å². The molecule has 0 amide bonds. The predicted octanol–water partition coefficient (Wildman–Crippen LogP) is 4.89. The van der Waals surface area contributed by atoms with Crippen LogP contribution in [0.2, 0.25) is 10.6 Å². The van der Waals surface area contributed by atoms with Crippen LogP contribution >= 0.6 is 0 Å². The fourth-order valence-electron chi connectivity index (χ4n) is 2.91. The molecule has 17 heavy (non-hydrogen) atoms. The molecule has 0 aliphatic heterocycles. The second-order valence-electron chi connectivity index (χ2n) is 6.72. The summed E-state index contributed by atoms with van der Waals surface area (Å²) in [5.74, 6) is 2.52. The van der Waals surface area contributed by atoms with E-state index < -0.39 is 14.5 Å². The third-order valence-corrected chi connectivity index (χ3v) is 7.36. The summed E-state index contributed by atoms with van der Waals surface area (Å²) in [6.07, 6.45) is 7.17. The molecule has 1 aliphatic rings. The van der Waals surface area contributed by atoms with Gasteiger partial charge in [0, 0.05) is 6.61 Å². The fourth-order valence-corrected chi connectivity index (χ4v) is 6.02. The lowest BCUT2D eigenvalue weighted by molar-refractivity contribution is 0.205. The van der Waals surface area contributed by atoms with Crippen molar-refractivity contribution < 1.29 is 3.79 Å². The van der Waals surface area contributed by atoms with Crippen molar-refractivity contribution in [2.45, 2.75) is 70.4 Å². The molecule has 0 atom stereocenters. The van der Waals surface area contributed by atoms with Gasteiger partial charge in [-0.15, -0.1) is 0 Å². The van der Waals surface area contributed by atoms with Gasteiger partial charge >= 0.3 is 14.5 Å². The van der Waals surface area contributed by atoms with Gasteiger partial charge < -0.3 is 3.79 Å². The summed E-state index contributed by atoms with van der Waals surface area (Å²) in [4.78, 5) is 0. The van der Waals surface area contributed by atoms with Gasteiger partial charge in [0.05, 0.1) is 0 Å². The Morgan fingerprint density at radius 2 is 1.47 bits per heavy atom. The first-order valence-corrected chi connectivity index (χ1v) is 9.80. The Morgan fingerprint density at radius 3 is 1.94 bits per heavy atom. The first-order chi connectivity index (χ1) is 8.08. The Bertz CT molecular complexity index is 175. The number of rotatable bonds is 7. The van der Waals surface area contributed by atoms with E-state index in [1.807, 2.05) is 0 Å². The van der Waals surface area contributed by atoms with E-state index in [-0.39, 0.29) is 0 Å². The molecule has 1 saturated carbocycles. The molecule has 1 fully saturated rings. The lowest BCUT2D eigenvalue weighted by atomic mass is 9.90. The molecule has 0 saturated heterocycles. The molecule has 0 spiro atoms. The molecule has 0 aromatic rings. The Kier molecular flexibility index (Phi) is 7.84. The predicted molar refractivity (Wildman–Crippen MR) is 77.6 cm³/mol. The second kappa shape index (κ2) is 8.57. The van der Waals surface area contributed by atoms with Gasteiger partial charge in [-0.05, 0) is 18.8 Å². The minimum absolute atomic E-state index is 0.816. The smallest absolute Gasteiger partial charge is 0.461 e. The first kappa shape index (κ1) is 15.5. The van der Waals surface area contributed by atoms with E-state index in [2.05, 4.69) is 27.7 Å². The lowest BCUT2D eigenvalue weighted by Gasteiger charge is -2.25. The summed E-state index contributed by atoms with van der Waals surface area (Å²) in [5.41, 5.74) is 0. The molecule has 0 aromatic heterocycles. The minimum atomic E-state index is -0.921. The van der Waals surface area contributed by atoms with Crippen molar-refractivity contribution in [1.29, 1.82) is 0 Å². The zero-order valence-electron chi connectivity index (χ0n) is 12.4. The zero-order valence-corrected chi connectivity index (χ0v) is 13.5. The summed E-state index contributed by atoms with van der Waals surface area (Å²) < 4.78 is 6.34. The highest BCUT2D eigenvalue weighted by Gasteiger charge is 2.25. The summed E-state index contributed by atoms with van der Waals surface area (Å²) in [7, 11) is 0. The summed E-state index contributed by atoms with van der Waals surface area (Å²) in [6.45, 7) is 10.4. The van der Waals surface area contributed by atoms with Crippen LogP contribution in [0.1, 0.15) is 59.8 Å². The van der Waals surface area contributed by atoms with E-state index in [1.165, 1.54) is 42.7 Å². The minimum Gasteiger partial charge on any atom is -0.500 e. The molecule has 100 valence electrons. The van der Waals surface area contributed by atoms with Gasteiger partial charge in [0.1, 0.15) is 0 Å². The SMILES string of the molecule is CC(C)[CH2][Al]([CH2]C(C)C)[O]CC1CCCCC1. The van der Waals surface area contributed by atoms with Gasteiger partial charge in [0.15, 0.2) is 0 Å². The van der Waals surface area contributed by atoms with Crippen molar-refractivity contribution in [2.75, 3.05) is 6.61 Å². The Morgan fingerprint density at radius 1 is 0.941 bits per heavy atom. The van der Waals surface area contributed by atoms with Crippen molar-refractivity contribution >= 4 is 14.5 Å². The van der Waals surface area contributed by atoms with Gasteiger partial charge in [0.2, 0.25) is 0 Å². The second-order valence-corrected chi connectivity index (χ2v) is 9.24. The van der Waals surface area contributed by atoms with Gasteiger partial charge in [-0.1, -0.05) is 69.4 Å². The van der Waals surface area contributed by atoms with Crippen molar-refractivity contribution in [3.05, 3.63) is 0 Å². The number of hydrogen-bond donors (Lipinski definition) is 0. The maximum atomic E-state index is 6.34. The quantitative estimate of drug-likeness (QED) is 0.588. The average Bonchev–Trinajstić information content (AvgIpc) is 2.26. The summed E-state index contributed by atoms with van der Waals surface area (Å²) >= 11 is -0.921. The fraction of sp³-hybridized carbons (Fsp3) is 1.00. The van der Waals surface area contributed by atoms with Crippen molar-refractivity contribution in [3.63, 3.8) is 0 Å². The van der Waals surface area contributed by atoms with Gasteiger partial charge in [-0.2, -0.15) is 0 Å². The molecule has 0 heterocycles. The molecule has 0 aromatic carbocycles. The zero-order chi connectivity index (χ0) is 12.7. The molecule has 1 aliphatic carbocycles. The monoisotopic (exact) mass is 254 g/mol. The van der Waals surface area contributed by atoms with Crippen LogP contribution in [0, 0.1) is 17.8 Å². The third kappa shape index (κ3) is 7.50. The van der Waals surface area contributed by atoms with Crippen LogP contribution in [0.25, 0.3) is 0 Å². The van der Waals surface area contributed by atoms with Crippen LogP contribution in [0.15, 0.2) is 0 Å². The Hall–Kier alpha value is 0.492. The van der Waals surface area contributed by atoms with E-state index in [0.717, 1.165) is 24.4 Å². The largest absolute Gasteiger partial charge is 0.500 e. The summed E-state index contributed by atoms with van der Waals surface area (Å²) in [6, 6.07) is 0. The highest BCUT2D eigenvalue weighted by Crippen LogP contribution is 2.25. The van der Waals surface area contributed by atoms with Crippen molar-refractivity contribution in [1.82, 2.24) is 0 Å². The van der Waals surface area contributed by atoms with Gasteiger partial charge in [-0.3, -0.25) is 0 Å². The van der Waals surface area contributed by atoms with E-state index in [9.17, 15) is 0 Å². The van der Waals surface area contributed by atoms with E-state index >= 15 is 0 Å². The van der Waals surface area contributed by atoms with Crippen molar-refractivity contribution in [3.8, 4) is 0 Å². The standard InChI is InChI=1S/C7H13O.2C4H9.Al/c8-6-7-4-2-1-3-5-7;2*1-4(2)3;/h7H,1-6H2;2*4H,1H2,2-3H3;/q-1;;;+1. The maximum absolute atomic E-state index is 6.34. The topological polar surface area (TPSA) is 9.23 Å². The van der Waals surface area contributed by atoms with Crippen LogP contribution in [0.4, 0.5) is 0 Å². The van der Waals surface area contributed by atoms with E-state index in [4.69, 9.17) is 3.79 Å². The van der Waals surface area contributed by atoms with Crippen LogP contribution in [-0.4, -0.2) is 21.1 Å². The van der Waals surface area contributed by atoms with Gasteiger partial charge in [-0.25, -0.2) is 0 Å². The normalized spacial score (nSPS) is 18.0. The highest BCUT2D eigenvalue weighted by molar-refractivity contribution is 6.51. The molecule has 1 nitrogen and oxygen atoms in total. The van der Waals surface area contributed by atoms with Crippen LogP contribution < -0.4 is 0 Å². The van der Waals surface area contributed by atoms with E-state index in [1.54, 1.807) is 0 Å². The maximum Gasteiger partial charge on any atom is 0.461 e. The average molecular weight is 254 g/mol. The molecule has 1 rings (SSSR count). The van der Waals surface area contributed by atoms with Crippen LogP contribution in [-0.2, 0) is 3.79 Å². The molecule has 0 bridgehead atoms. The van der Waals surface area contributed by atoms with E-state index in [0.29, 0.717) is 0 Å². The molecular weight excluding hydrogens is 223 g/mol. The van der Waals surface area contributed by atoms with Crippen LogP contribution in [0.3, 0.4) is 0 Å². The molecule has 0 unspecified atom stereocenters. The highest BCUT2D eigenvalue weighted by atomic mass is 27.2. The van der Waals surface area contributed by atoms with Gasteiger partial charge in [0.25, 0.3) is 0 Å².